The van der Waals surface area contributed by atoms with Gasteiger partial charge in [0.15, 0.2) is 0 Å². The summed E-state index contributed by atoms with van der Waals surface area (Å²) in [5, 5.41) is 2.76. The Labute approximate surface area is 133 Å². The minimum Gasteiger partial charge on any atom is -0.354 e. The van der Waals surface area contributed by atoms with Gasteiger partial charge in [0.1, 0.15) is 6.54 Å². The number of sulfonamides is 1. The van der Waals surface area contributed by atoms with E-state index < -0.39 is 10.0 Å². The van der Waals surface area contributed by atoms with Crippen LogP contribution in [0.15, 0.2) is 12.1 Å². The van der Waals surface area contributed by atoms with Crippen molar-refractivity contribution < 1.29 is 13.2 Å². The lowest BCUT2D eigenvalue weighted by Crippen LogP contribution is -2.42. The third-order valence-electron chi connectivity index (χ3n) is 3.28. The van der Waals surface area contributed by atoms with Gasteiger partial charge < -0.3 is 5.32 Å². The fourth-order valence-electron chi connectivity index (χ4n) is 2.43. The first kappa shape index (κ1) is 18.5. The molecule has 1 aromatic rings. The number of amides is 1. The molecule has 0 aliphatic carbocycles. The van der Waals surface area contributed by atoms with Gasteiger partial charge >= 0.3 is 0 Å². The van der Waals surface area contributed by atoms with Gasteiger partial charge in [-0.25, -0.2) is 8.42 Å². The lowest BCUT2D eigenvalue weighted by Gasteiger charge is -2.26. The van der Waals surface area contributed by atoms with E-state index in [1.165, 1.54) is 4.31 Å². The van der Waals surface area contributed by atoms with Crippen molar-refractivity contribution in [2.75, 3.05) is 23.7 Å². The molecule has 1 amide bonds. The maximum atomic E-state index is 12.1. The number of rotatable bonds is 6. The average Bonchev–Trinajstić information content (AvgIpc) is 2.32. The van der Waals surface area contributed by atoms with E-state index in [-0.39, 0.29) is 12.5 Å². The SMILES string of the molecule is Cc1cc(C)c(N(CC(=O)NCC(C)C)S(C)(=O)=O)c(C)c1. The number of carbonyl (C=O) groups excluding carboxylic acids is 1. The number of anilines is 1. The minimum absolute atomic E-state index is 0.198. The summed E-state index contributed by atoms with van der Waals surface area (Å²) in [6.45, 7) is 9.99. The van der Waals surface area contributed by atoms with Crippen molar-refractivity contribution in [3.8, 4) is 0 Å². The second kappa shape index (κ2) is 7.13. The summed E-state index contributed by atoms with van der Waals surface area (Å²) in [6, 6.07) is 3.85. The lowest BCUT2D eigenvalue weighted by molar-refractivity contribution is -0.119. The van der Waals surface area contributed by atoms with E-state index in [1.54, 1.807) is 0 Å². The predicted octanol–water partition coefficient (Wildman–Crippen LogP) is 2.15. The van der Waals surface area contributed by atoms with Crippen molar-refractivity contribution in [3.05, 3.63) is 28.8 Å². The zero-order chi connectivity index (χ0) is 17.1. The third kappa shape index (κ3) is 5.02. The highest BCUT2D eigenvalue weighted by Gasteiger charge is 2.24. The number of hydrogen-bond donors (Lipinski definition) is 1. The molecule has 6 heteroatoms. The molecule has 22 heavy (non-hydrogen) atoms. The van der Waals surface area contributed by atoms with E-state index >= 15 is 0 Å². The third-order valence-corrected chi connectivity index (χ3v) is 4.39. The fraction of sp³-hybridized carbons (Fsp3) is 0.562. The molecular weight excluding hydrogens is 300 g/mol. The van der Waals surface area contributed by atoms with Crippen molar-refractivity contribution in [1.82, 2.24) is 5.32 Å². The highest BCUT2D eigenvalue weighted by molar-refractivity contribution is 7.92. The van der Waals surface area contributed by atoms with Gasteiger partial charge in [0.2, 0.25) is 15.9 Å². The van der Waals surface area contributed by atoms with Gasteiger partial charge in [-0.3, -0.25) is 9.10 Å². The molecule has 0 radical (unpaired) electrons. The molecule has 0 bridgehead atoms. The van der Waals surface area contributed by atoms with Crippen LogP contribution in [0.1, 0.15) is 30.5 Å². The second-order valence-corrected chi connectivity index (χ2v) is 8.12. The molecule has 0 atom stereocenters. The van der Waals surface area contributed by atoms with E-state index in [0.29, 0.717) is 18.2 Å². The molecule has 0 saturated carbocycles. The molecular formula is C16H26N2O3S. The molecule has 1 N–H and O–H groups in total. The number of aryl methyl sites for hydroxylation is 3. The Morgan fingerprint density at radius 1 is 1.18 bits per heavy atom. The smallest absolute Gasteiger partial charge is 0.240 e. The predicted molar refractivity (Wildman–Crippen MR) is 90.7 cm³/mol. The van der Waals surface area contributed by atoms with E-state index in [1.807, 2.05) is 46.8 Å². The molecule has 0 aromatic heterocycles. The summed E-state index contributed by atoms with van der Waals surface area (Å²) in [4.78, 5) is 12.1. The monoisotopic (exact) mass is 326 g/mol. The molecule has 0 spiro atoms. The Balaban J connectivity index is 3.14. The molecule has 0 saturated heterocycles. The van der Waals surface area contributed by atoms with Crippen molar-refractivity contribution in [2.45, 2.75) is 34.6 Å². The summed E-state index contributed by atoms with van der Waals surface area (Å²) < 4.78 is 25.5. The first-order valence-corrected chi connectivity index (χ1v) is 9.19. The van der Waals surface area contributed by atoms with Crippen LogP contribution in [-0.2, 0) is 14.8 Å². The topological polar surface area (TPSA) is 66.5 Å². The Kier molecular flexibility index (Phi) is 6.00. The van der Waals surface area contributed by atoms with E-state index in [2.05, 4.69) is 5.32 Å². The number of nitrogens with zero attached hydrogens (tertiary/aromatic N) is 1. The van der Waals surface area contributed by atoms with Crippen molar-refractivity contribution >= 4 is 21.6 Å². The van der Waals surface area contributed by atoms with Gasteiger partial charge in [0.05, 0.1) is 11.9 Å². The summed E-state index contributed by atoms with van der Waals surface area (Å²) in [5.74, 6) is 0.0250. The quantitative estimate of drug-likeness (QED) is 0.871. The number of carbonyl (C=O) groups is 1. The maximum absolute atomic E-state index is 12.1. The van der Waals surface area contributed by atoms with Gasteiger partial charge in [0, 0.05) is 6.54 Å². The van der Waals surface area contributed by atoms with Crippen LogP contribution in [0.25, 0.3) is 0 Å². The molecule has 1 rings (SSSR count). The average molecular weight is 326 g/mol. The zero-order valence-electron chi connectivity index (χ0n) is 14.2. The molecule has 0 aliphatic heterocycles. The van der Waals surface area contributed by atoms with Crippen molar-refractivity contribution in [2.24, 2.45) is 5.92 Å². The number of benzene rings is 1. The molecule has 124 valence electrons. The molecule has 0 aliphatic rings. The Bertz CT molecular complexity index is 628. The largest absolute Gasteiger partial charge is 0.354 e. The van der Waals surface area contributed by atoms with Crippen LogP contribution in [0.2, 0.25) is 0 Å². The van der Waals surface area contributed by atoms with E-state index in [4.69, 9.17) is 0 Å². The highest BCUT2D eigenvalue weighted by atomic mass is 32.2. The molecule has 0 fully saturated rings. The van der Waals surface area contributed by atoms with Gasteiger partial charge in [0.25, 0.3) is 0 Å². The maximum Gasteiger partial charge on any atom is 0.240 e. The number of nitrogens with one attached hydrogen (secondary N) is 1. The van der Waals surface area contributed by atoms with Gasteiger partial charge in [-0.05, 0) is 37.8 Å². The lowest BCUT2D eigenvalue weighted by atomic mass is 10.1. The van der Waals surface area contributed by atoms with Crippen LogP contribution in [-0.4, -0.2) is 33.7 Å². The van der Waals surface area contributed by atoms with Crippen LogP contribution < -0.4 is 9.62 Å². The Hall–Kier alpha value is -1.56. The second-order valence-electron chi connectivity index (χ2n) is 6.21. The zero-order valence-corrected chi connectivity index (χ0v) is 15.0. The molecule has 1 aromatic carbocycles. The summed E-state index contributed by atoms with van der Waals surface area (Å²) in [7, 11) is -3.54. The Morgan fingerprint density at radius 3 is 2.09 bits per heavy atom. The molecule has 0 heterocycles. The number of hydrogen-bond acceptors (Lipinski definition) is 3. The van der Waals surface area contributed by atoms with E-state index in [9.17, 15) is 13.2 Å². The first-order valence-electron chi connectivity index (χ1n) is 7.34. The molecule has 5 nitrogen and oxygen atoms in total. The van der Waals surface area contributed by atoms with Crippen LogP contribution in [0.5, 0.6) is 0 Å². The highest BCUT2D eigenvalue weighted by Crippen LogP contribution is 2.28. The minimum atomic E-state index is -3.54. The van der Waals surface area contributed by atoms with Gasteiger partial charge in [-0.15, -0.1) is 0 Å². The summed E-state index contributed by atoms with van der Waals surface area (Å²) in [5.41, 5.74) is 3.35. The standard InChI is InChI=1S/C16H26N2O3S/c1-11(2)9-17-15(19)10-18(22(6,20)21)16-13(4)7-12(3)8-14(16)5/h7-8,11H,9-10H2,1-6H3,(H,17,19). The van der Waals surface area contributed by atoms with Crippen LogP contribution in [0.4, 0.5) is 5.69 Å². The van der Waals surface area contributed by atoms with Crippen LogP contribution >= 0.6 is 0 Å². The van der Waals surface area contributed by atoms with Crippen LogP contribution in [0, 0.1) is 26.7 Å². The fourth-order valence-corrected chi connectivity index (χ4v) is 3.40. The molecule has 0 unspecified atom stereocenters. The first-order chi connectivity index (χ1) is 10.0. The normalized spacial score (nSPS) is 11.6. The summed E-state index contributed by atoms with van der Waals surface area (Å²) >= 11 is 0. The van der Waals surface area contributed by atoms with E-state index in [0.717, 1.165) is 22.9 Å². The summed E-state index contributed by atoms with van der Waals surface area (Å²) in [6.07, 6.45) is 1.13. The van der Waals surface area contributed by atoms with Crippen molar-refractivity contribution in [3.63, 3.8) is 0 Å². The van der Waals surface area contributed by atoms with Gasteiger partial charge in [-0.1, -0.05) is 31.5 Å². The van der Waals surface area contributed by atoms with Crippen molar-refractivity contribution in [1.29, 1.82) is 0 Å². The van der Waals surface area contributed by atoms with Crippen LogP contribution in [0.3, 0.4) is 0 Å². The Morgan fingerprint density at radius 2 is 1.68 bits per heavy atom. The van der Waals surface area contributed by atoms with Gasteiger partial charge in [-0.2, -0.15) is 0 Å².